The number of rotatable bonds is 3. The van der Waals surface area contributed by atoms with Crippen molar-refractivity contribution in [2.24, 2.45) is 5.73 Å². The summed E-state index contributed by atoms with van der Waals surface area (Å²) in [7, 11) is 0. The Hall–Kier alpha value is -1.41. The predicted molar refractivity (Wildman–Crippen MR) is 58.1 cm³/mol. The molecule has 16 heavy (non-hydrogen) atoms. The third-order valence-electron chi connectivity index (χ3n) is 2.72. The first kappa shape index (κ1) is 12.7. The molecule has 0 radical (unpaired) electrons. The van der Waals surface area contributed by atoms with Gasteiger partial charge in [-0.05, 0) is 18.9 Å². The van der Waals surface area contributed by atoms with Crippen LogP contribution in [0.1, 0.15) is 19.3 Å². The molecule has 2 atom stereocenters. The molecule has 0 bridgehead atoms. The Bertz CT molecular complexity index is 311. The number of piperidine rings is 1. The van der Waals surface area contributed by atoms with Crippen molar-refractivity contribution in [1.82, 2.24) is 4.90 Å². The van der Waals surface area contributed by atoms with Crippen LogP contribution in [-0.2, 0) is 4.79 Å². The van der Waals surface area contributed by atoms with Gasteiger partial charge < -0.3 is 10.6 Å². The van der Waals surface area contributed by atoms with Crippen LogP contribution in [-0.4, -0.2) is 36.1 Å². The van der Waals surface area contributed by atoms with Crippen LogP contribution in [0, 0.1) is 11.3 Å². The number of allylic oxidation sites excluding steroid dienone is 1. The zero-order valence-corrected chi connectivity index (χ0v) is 9.10. The quantitative estimate of drug-likeness (QED) is 0.720. The minimum atomic E-state index is -0.651. The van der Waals surface area contributed by atoms with Gasteiger partial charge in [0.15, 0.2) is 0 Å². The smallest absolute Gasteiger partial charge is 0.246 e. The number of alkyl halides is 1. The van der Waals surface area contributed by atoms with Crippen LogP contribution < -0.4 is 5.73 Å². The molecule has 88 valence electrons. The van der Waals surface area contributed by atoms with Gasteiger partial charge in [0.05, 0.1) is 12.5 Å². The second-order valence-electron chi connectivity index (χ2n) is 3.89. The summed E-state index contributed by atoms with van der Waals surface area (Å²) in [4.78, 5) is 13.3. The second-order valence-corrected chi connectivity index (χ2v) is 3.89. The first-order valence-electron chi connectivity index (χ1n) is 5.34. The Balaban J connectivity index is 2.65. The molecule has 0 aliphatic carbocycles. The van der Waals surface area contributed by atoms with E-state index in [1.54, 1.807) is 4.90 Å². The number of likely N-dealkylation sites (tertiary alicyclic amines) is 1. The highest BCUT2D eigenvalue weighted by Crippen LogP contribution is 2.19. The second kappa shape index (κ2) is 6.23. The fourth-order valence-electron chi connectivity index (χ4n) is 1.91. The fourth-order valence-corrected chi connectivity index (χ4v) is 1.91. The van der Waals surface area contributed by atoms with E-state index in [0.29, 0.717) is 13.0 Å². The molecule has 1 saturated heterocycles. The van der Waals surface area contributed by atoms with Gasteiger partial charge in [-0.25, -0.2) is 4.39 Å². The van der Waals surface area contributed by atoms with E-state index >= 15 is 0 Å². The maximum atomic E-state index is 11.9. The Morgan fingerprint density at radius 1 is 1.69 bits per heavy atom. The normalized spacial score (nSPS) is 25.7. The predicted octanol–water partition coefficient (Wildman–Crippen LogP) is 0.744. The summed E-state index contributed by atoms with van der Waals surface area (Å²) in [5.41, 5.74) is 5.79. The zero-order chi connectivity index (χ0) is 12.0. The van der Waals surface area contributed by atoms with E-state index in [-0.39, 0.29) is 24.4 Å². The summed E-state index contributed by atoms with van der Waals surface area (Å²) in [6.07, 6.45) is 4.06. The minimum absolute atomic E-state index is 0.0487. The first-order valence-corrected chi connectivity index (χ1v) is 5.34. The highest BCUT2D eigenvalue weighted by Gasteiger charge is 2.28. The first-order chi connectivity index (χ1) is 7.69. The number of hydrogen-bond acceptors (Lipinski definition) is 3. The molecular formula is C11H16FN3O. The van der Waals surface area contributed by atoms with Crippen LogP contribution in [0.4, 0.5) is 4.39 Å². The molecule has 1 heterocycles. The molecule has 1 rings (SSSR count). The number of nitrogens with zero attached hydrogens (tertiary/aromatic N) is 2. The van der Waals surface area contributed by atoms with Gasteiger partial charge in [0.1, 0.15) is 6.67 Å². The van der Waals surface area contributed by atoms with Gasteiger partial charge in [-0.2, -0.15) is 5.26 Å². The number of nitriles is 1. The minimum Gasteiger partial charge on any atom is -0.335 e. The van der Waals surface area contributed by atoms with Crippen molar-refractivity contribution in [2.75, 3.05) is 13.2 Å². The molecule has 1 aliphatic rings. The summed E-state index contributed by atoms with van der Waals surface area (Å²) < 4.78 is 11.9. The number of halogens is 1. The summed E-state index contributed by atoms with van der Waals surface area (Å²) in [6.45, 7) is -0.106. The van der Waals surface area contributed by atoms with Gasteiger partial charge >= 0.3 is 0 Å². The van der Waals surface area contributed by atoms with Crippen LogP contribution >= 0.6 is 0 Å². The van der Waals surface area contributed by atoms with E-state index in [9.17, 15) is 9.18 Å². The molecular weight excluding hydrogens is 209 g/mol. The molecule has 0 aromatic rings. The topological polar surface area (TPSA) is 70.1 Å². The van der Waals surface area contributed by atoms with Crippen LogP contribution in [0.25, 0.3) is 0 Å². The van der Waals surface area contributed by atoms with Gasteiger partial charge in [-0.1, -0.05) is 0 Å². The molecule has 0 saturated carbocycles. The van der Waals surface area contributed by atoms with Crippen molar-refractivity contribution in [2.45, 2.75) is 31.3 Å². The molecule has 0 aromatic heterocycles. The van der Waals surface area contributed by atoms with Crippen molar-refractivity contribution >= 4 is 5.91 Å². The largest absolute Gasteiger partial charge is 0.335 e. The molecule has 1 unspecified atom stereocenters. The van der Waals surface area contributed by atoms with E-state index in [4.69, 9.17) is 11.0 Å². The summed E-state index contributed by atoms with van der Waals surface area (Å²) in [5, 5.41) is 8.67. The Morgan fingerprint density at radius 3 is 3.06 bits per heavy atom. The molecule has 0 spiro atoms. The molecule has 4 nitrogen and oxygen atoms in total. The fraction of sp³-hybridized carbons (Fsp3) is 0.636. The Labute approximate surface area is 94.5 Å². The molecule has 2 N–H and O–H groups in total. The maximum absolute atomic E-state index is 11.9. The van der Waals surface area contributed by atoms with Gasteiger partial charge in [0.2, 0.25) is 5.91 Å². The van der Waals surface area contributed by atoms with E-state index in [1.165, 1.54) is 12.2 Å². The lowest BCUT2D eigenvalue weighted by molar-refractivity contribution is -0.129. The summed E-state index contributed by atoms with van der Waals surface area (Å²) in [5.74, 6) is -0.232. The monoisotopic (exact) mass is 225 g/mol. The van der Waals surface area contributed by atoms with Crippen molar-refractivity contribution in [3.05, 3.63) is 12.2 Å². The molecule has 5 heteroatoms. The number of amides is 1. The van der Waals surface area contributed by atoms with E-state index in [0.717, 1.165) is 6.42 Å². The SMILES string of the molecule is N#CC[C@@H]1CC(N)CCN1C(=O)/C=C/CF. The molecule has 1 amide bonds. The van der Waals surface area contributed by atoms with Gasteiger partial charge in [0, 0.05) is 24.7 Å². The number of hydrogen-bond donors (Lipinski definition) is 1. The third-order valence-corrected chi connectivity index (χ3v) is 2.72. The molecule has 0 aromatic carbocycles. The zero-order valence-electron chi connectivity index (χ0n) is 9.10. The third kappa shape index (κ3) is 3.31. The van der Waals surface area contributed by atoms with Crippen LogP contribution in [0.2, 0.25) is 0 Å². The van der Waals surface area contributed by atoms with Gasteiger partial charge in [-0.15, -0.1) is 0 Å². The van der Waals surface area contributed by atoms with E-state index in [1.807, 2.05) is 0 Å². The van der Waals surface area contributed by atoms with Gasteiger partial charge in [-0.3, -0.25) is 4.79 Å². The highest BCUT2D eigenvalue weighted by atomic mass is 19.1. The number of carbonyl (C=O) groups excluding carboxylic acids is 1. The summed E-state index contributed by atoms with van der Waals surface area (Å²) in [6, 6.07) is 1.97. The van der Waals surface area contributed by atoms with Crippen molar-refractivity contribution < 1.29 is 9.18 Å². The highest BCUT2D eigenvalue weighted by molar-refractivity contribution is 5.88. The van der Waals surface area contributed by atoms with Gasteiger partial charge in [0.25, 0.3) is 0 Å². The maximum Gasteiger partial charge on any atom is 0.246 e. The Morgan fingerprint density at radius 2 is 2.44 bits per heavy atom. The number of carbonyl (C=O) groups is 1. The average Bonchev–Trinajstić information content (AvgIpc) is 2.26. The van der Waals surface area contributed by atoms with Crippen LogP contribution in [0.5, 0.6) is 0 Å². The number of nitrogens with two attached hydrogens (primary N) is 1. The van der Waals surface area contributed by atoms with Crippen molar-refractivity contribution in [1.29, 1.82) is 5.26 Å². The Kier molecular flexibility index (Phi) is 4.93. The van der Waals surface area contributed by atoms with Crippen LogP contribution in [0.15, 0.2) is 12.2 Å². The van der Waals surface area contributed by atoms with Crippen molar-refractivity contribution in [3.8, 4) is 6.07 Å². The summed E-state index contributed by atoms with van der Waals surface area (Å²) >= 11 is 0. The average molecular weight is 225 g/mol. The van der Waals surface area contributed by atoms with Crippen molar-refractivity contribution in [3.63, 3.8) is 0 Å². The lowest BCUT2D eigenvalue weighted by Crippen LogP contribution is -2.49. The lowest BCUT2D eigenvalue weighted by atomic mass is 9.96. The molecule has 1 fully saturated rings. The van der Waals surface area contributed by atoms with E-state index in [2.05, 4.69) is 6.07 Å². The van der Waals surface area contributed by atoms with E-state index < -0.39 is 6.67 Å². The lowest BCUT2D eigenvalue weighted by Gasteiger charge is -2.36. The molecule has 1 aliphatic heterocycles. The van der Waals surface area contributed by atoms with Crippen LogP contribution in [0.3, 0.4) is 0 Å². The standard InChI is InChI=1S/C11H16FN3O/c12-5-1-2-11(16)15-7-4-9(14)8-10(15)3-6-13/h1-2,9-10H,3-5,7-8,14H2/b2-1+/t9?,10-/m1/s1.